The smallest absolute Gasteiger partial charge is 0.225 e. The van der Waals surface area contributed by atoms with E-state index in [0.717, 1.165) is 32.4 Å². The van der Waals surface area contributed by atoms with E-state index in [0.29, 0.717) is 23.8 Å². The van der Waals surface area contributed by atoms with Crippen molar-refractivity contribution in [1.29, 1.82) is 0 Å². The van der Waals surface area contributed by atoms with Gasteiger partial charge in [-0.1, -0.05) is 13.8 Å². The Labute approximate surface area is 91.5 Å². The van der Waals surface area contributed by atoms with Crippen LogP contribution in [0.5, 0.6) is 0 Å². The molecule has 0 aromatic rings. The number of hydrogen-bond donors (Lipinski definition) is 1. The van der Waals surface area contributed by atoms with Crippen LogP contribution in [0.2, 0.25) is 0 Å². The van der Waals surface area contributed by atoms with Crippen LogP contribution in [-0.2, 0) is 4.79 Å². The monoisotopic (exact) mass is 211 g/mol. The third kappa shape index (κ3) is 1.89. The molecule has 0 atom stereocenters. The highest BCUT2D eigenvalue weighted by molar-refractivity contribution is 5.78. The van der Waals surface area contributed by atoms with Crippen LogP contribution >= 0.6 is 0 Å². The van der Waals surface area contributed by atoms with Gasteiger partial charge in [0.15, 0.2) is 0 Å². The topological polar surface area (TPSA) is 40.5 Å². The summed E-state index contributed by atoms with van der Waals surface area (Å²) in [6.45, 7) is 6.10. The van der Waals surface area contributed by atoms with E-state index in [1.54, 1.807) is 0 Å². The number of hydrogen-bond acceptors (Lipinski definition) is 2. The zero-order chi connectivity index (χ0) is 11.1. The normalized spacial score (nSPS) is 34.9. The predicted octanol–water partition coefficient (Wildman–Crippen LogP) is 1.26. The molecule has 0 unspecified atom stereocenters. The molecule has 0 bridgehead atoms. The maximum atomic E-state index is 11.8. The molecule has 2 rings (SSSR count). The molecule has 15 heavy (non-hydrogen) atoms. The summed E-state index contributed by atoms with van der Waals surface area (Å²) < 4.78 is 0. The lowest BCUT2D eigenvalue weighted by Crippen LogP contribution is -2.42. The van der Waals surface area contributed by atoms with E-state index in [1.807, 2.05) is 18.7 Å². The first-order valence-corrected chi connectivity index (χ1v) is 5.96. The summed E-state index contributed by atoms with van der Waals surface area (Å²) in [6.07, 6.45) is 3.37. The number of aliphatic hydroxyl groups excluding tert-OH is 1. The van der Waals surface area contributed by atoms with Crippen molar-refractivity contribution in [3.63, 3.8) is 0 Å². The Balaban J connectivity index is 1.88. The minimum absolute atomic E-state index is 0.119. The molecule has 86 valence electrons. The van der Waals surface area contributed by atoms with Crippen LogP contribution in [0.25, 0.3) is 0 Å². The Morgan fingerprint density at radius 3 is 2.73 bits per heavy atom. The highest BCUT2D eigenvalue weighted by Gasteiger charge is 2.48. The lowest BCUT2D eigenvalue weighted by molar-refractivity contribution is -0.134. The van der Waals surface area contributed by atoms with Crippen molar-refractivity contribution in [2.75, 3.05) is 19.7 Å². The van der Waals surface area contributed by atoms with Gasteiger partial charge in [0.05, 0.1) is 0 Å². The third-order valence-corrected chi connectivity index (χ3v) is 3.95. The highest BCUT2D eigenvalue weighted by atomic mass is 16.3. The molecule has 0 aromatic carbocycles. The molecule has 1 saturated heterocycles. The summed E-state index contributed by atoms with van der Waals surface area (Å²) in [5, 5.41) is 9.01. The van der Waals surface area contributed by atoms with Crippen LogP contribution in [0, 0.1) is 17.3 Å². The molecular formula is C12H21NO2. The van der Waals surface area contributed by atoms with Gasteiger partial charge >= 0.3 is 0 Å². The molecule has 1 N–H and O–H groups in total. The van der Waals surface area contributed by atoms with Crippen molar-refractivity contribution in [2.24, 2.45) is 17.3 Å². The van der Waals surface area contributed by atoms with Gasteiger partial charge in [-0.05, 0) is 30.6 Å². The summed E-state index contributed by atoms with van der Waals surface area (Å²) in [5.74, 6) is 0.910. The quantitative estimate of drug-likeness (QED) is 0.747. The van der Waals surface area contributed by atoms with Gasteiger partial charge in [0, 0.05) is 25.6 Å². The number of amides is 1. The fourth-order valence-electron chi connectivity index (χ4n) is 3.12. The van der Waals surface area contributed by atoms with Crippen LogP contribution in [0.1, 0.15) is 33.1 Å². The van der Waals surface area contributed by atoms with Crippen LogP contribution in [0.15, 0.2) is 0 Å². The van der Waals surface area contributed by atoms with Crippen LogP contribution < -0.4 is 0 Å². The van der Waals surface area contributed by atoms with E-state index in [1.165, 1.54) is 0 Å². The standard InChI is InChI=1S/C12H21NO2/c1-9(2)11(15)13-4-3-12(8-13)5-10(6-12)7-14/h9-10,14H,3-8H2,1-2H3. The molecule has 3 heteroatoms. The van der Waals surface area contributed by atoms with E-state index >= 15 is 0 Å². The van der Waals surface area contributed by atoms with E-state index in [-0.39, 0.29) is 5.92 Å². The van der Waals surface area contributed by atoms with Crippen molar-refractivity contribution in [3.05, 3.63) is 0 Å². The Bertz CT molecular complexity index is 256. The van der Waals surface area contributed by atoms with Gasteiger partial charge in [0.1, 0.15) is 0 Å². The van der Waals surface area contributed by atoms with Crippen molar-refractivity contribution in [3.8, 4) is 0 Å². The second-order valence-corrected chi connectivity index (χ2v) is 5.62. The van der Waals surface area contributed by atoms with Crippen molar-refractivity contribution in [2.45, 2.75) is 33.1 Å². The average molecular weight is 211 g/mol. The Morgan fingerprint density at radius 2 is 2.20 bits per heavy atom. The molecule has 1 aliphatic heterocycles. The molecular weight excluding hydrogens is 190 g/mol. The van der Waals surface area contributed by atoms with Crippen molar-refractivity contribution in [1.82, 2.24) is 4.90 Å². The van der Waals surface area contributed by atoms with Gasteiger partial charge in [-0.2, -0.15) is 0 Å². The van der Waals surface area contributed by atoms with Crippen LogP contribution in [0.4, 0.5) is 0 Å². The molecule has 1 aliphatic carbocycles. The van der Waals surface area contributed by atoms with Gasteiger partial charge in [-0.3, -0.25) is 4.79 Å². The Kier molecular flexibility index (Phi) is 2.75. The summed E-state index contributed by atoms with van der Waals surface area (Å²) in [7, 11) is 0. The largest absolute Gasteiger partial charge is 0.396 e. The first-order chi connectivity index (χ1) is 7.06. The van der Waals surface area contributed by atoms with E-state index in [9.17, 15) is 4.79 Å². The van der Waals surface area contributed by atoms with E-state index in [4.69, 9.17) is 5.11 Å². The second-order valence-electron chi connectivity index (χ2n) is 5.62. The fraction of sp³-hybridized carbons (Fsp3) is 0.917. The first-order valence-electron chi connectivity index (χ1n) is 5.96. The minimum Gasteiger partial charge on any atom is -0.396 e. The number of rotatable bonds is 2. The lowest BCUT2D eigenvalue weighted by atomic mass is 9.62. The summed E-state index contributed by atoms with van der Waals surface area (Å²) in [5.41, 5.74) is 0.373. The fourth-order valence-corrected chi connectivity index (χ4v) is 3.12. The number of aliphatic hydroxyl groups is 1. The number of nitrogens with zero attached hydrogens (tertiary/aromatic N) is 1. The number of carbonyl (C=O) groups is 1. The molecule has 1 spiro atoms. The first kappa shape index (κ1) is 10.9. The molecule has 1 amide bonds. The number of carbonyl (C=O) groups excluding carboxylic acids is 1. The van der Waals surface area contributed by atoms with Crippen molar-refractivity contribution < 1.29 is 9.90 Å². The zero-order valence-corrected chi connectivity index (χ0v) is 9.70. The average Bonchev–Trinajstić information content (AvgIpc) is 2.58. The zero-order valence-electron chi connectivity index (χ0n) is 9.70. The second kappa shape index (κ2) is 3.78. The summed E-state index contributed by atoms with van der Waals surface area (Å²) in [6, 6.07) is 0. The molecule has 1 saturated carbocycles. The van der Waals surface area contributed by atoms with Gasteiger partial charge < -0.3 is 10.0 Å². The maximum absolute atomic E-state index is 11.8. The highest BCUT2D eigenvalue weighted by Crippen LogP contribution is 2.51. The van der Waals surface area contributed by atoms with E-state index in [2.05, 4.69) is 0 Å². The molecule has 0 radical (unpaired) electrons. The third-order valence-electron chi connectivity index (χ3n) is 3.95. The maximum Gasteiger partial charge on any atom is 0.225 e. The Hall–Kier alpha value is -0.570. The molecule has 2 fully saturated rings. The van der Waals surface area contributed by atoms with Crippen molar-refractivity contribution >= 4 is 5.91 Å². The Morgan fingerprint density at radius 1 is 1.53 bits per heavy atom. The summed E-state index contributed by atoms with van der Waals surface area (Å²) in [4.78, 5) is 13.8. The number of likely N-dealkylation sites (tertiary alicyclic amines) is 1. The molecule has 2 aliphatic rings. The molecule has 1 heterocycles. The van der Waals surface area contributed by atoms with Gasteiger partial charge in [0.2, 0.25) is 5.91 Å². The molecule has 3 nitrogen and oxygen atoms in total. The SMILES string of the molecule is CC(C)C(=O)N1CCC2(CC(CO)C2)C1. The van der Waals surface area contributed by atoms with Gasteiger partial charge in [-0.25, -0.2) is 0 Å². The van der Waals surface area contributed by atoms with Gasteiger partial charge in [-0.15, -0.1) is 0 Å². The van der Waals surface area contributed by atoms with Gasteiger partial charge in [0.25, 0.3) is 0 Å². The van der Waals surface area contributed by atoms with Crippen LogP contribution in [-0.4, -0.2) is 35.6 Å². The molecule has 0 aromatic heterocycles. The van der Waals surface area contributed by atoms with E-state index < -0.39 is 0 Å². The summed E-state index contributed by atoms with van der Waals surface area (Å²) >= 11 is 0. The minimum atomic E-state index is 0.119. The van der Waals surface area contributed by atoms with Crippen LogP contribution in [0.3, 0.4) is 0 Å². The predicted molar refractivity (Wildman–Crippen MR) is 58.3 cm³/mol. The lowest BCUT2D eigenvalue weighted by Gasteiger charge is -2.44.